The van der Waals surface area contributed by atoms with Gasteiger partial charge in [0.25, 0.3) is 5.91 Å². The van der Waals surface area contributed by atoms with Gasteiger partial charge in [-0.2, -0.15) is 0 Å². The lowest BCUT2D eigenvalue weighted by molar-refractivity contribution is -0.137. The second-order valence-electron chi connectivity index (χ2n) is 3.39. The lowest BCUT2D eigenvalue weighted by Crippen LogP contribution is -2.46. The fourth-order valence-corrected chi connectivity index (χ4v) is 1.15. The quantitative estimate of drug-likeness (QED) is 0.582. The minimum atomic E-state index is -0.855. The third-order valence-electron chi connectivity index (χ3n) is 1.67. The number of ketones is 1. The minimum Gasteiger partial charge on any atom is -0.363 e. The molecule has 0 aliphatic rings. The van der Waals surface area contributed by atoms with Crippen molar-refractivity contribution in [3.05, 3.63) is 0 Å². The van der Waals surface area contributed by atoms with E-state index in [4.69, 9.17) is 5.73 Å². The molecule has 0 aromatic carbocycles. The monoisotopic (exact) mass is 186 g/mol. The van der Waals surface area contributed by atoms with E-state index in [1.165, 1.54) is 0 Å². The summed E-state index contributed by atoms with van der Waals surface area (Å²) in [7, 11) is 0. The summed E-state index contributed by atoms with van der Waals surface area (Å²) in [6.07, 6.45) is 1.50. The van der Waals surface area contributed by atoms with Gasteiger partial charge in [-0.3, -0.25) is 9.59 Å². The Morgan fingerprint density at radius 2 is 1.92 bits per heavy atom. The van der Waals surface area contributed by atoms with Crippen LogP contribution in [0.3, 0.4) is 0 Å². The number of amides is 1. The van der Waals surface area contributed by atoms with Crippen LogP contribution in [0.2, 0.25) is 0 Å². The highest BCUT2D eigenvalue weighted by molar-refractivity contribution is 6.37. The Hall–Kier alpha value is -0.900. The lowest BCUT2D eigenvalue weighted by Gasteiger charge is -2.17. The molecule has 1 amide bonds. The van der Waals surface area contributed by atoms with Crippen molar-refractivity contribution in [1.29, 1.82) is 0 Å². The van der Waals surface area contributed by atoms with E-state index in [1.54, 1.807) is 0 Å². The SMILES string of the molecule is CCCC(NC(C)C)C(=O)C(N)=O. The van der Waals surface area contributed by atoms with Gasteiger partial charge in [0.1, 0.15) is 0 Å². The van der Waals surface area contributed by atoms with Crippen LogP contribution >= 0.6 is 0 Å². The van der Waals surface area contributed by atoms with Crippen LogP contribution in [0.1, 0.15) is 33.6 Å². The molecule has 13 heavy (non-hydrogen) atoms. The highest BCUT2D eigenvalue weighted by atomic mass is 16.2. The van der Waals surface area contributed by atoms with Gasteiger partial charge in [-0.1, -0.05) is 27.2 Å². The van der Waals surface area contributed by atoms with Crippen LogP contribution in [-0.4, -0.2) is 23.8 Å². The maximum Gasteiger partial charge on any atom is 0.286 e. The molecule has 3 N–H and O–H groups in total. The van der Waals surface area contributed by atoms with Crippen LogP contribution in [0.5, 0.6) is 0 Å². The molecule has 0 bridgehead atoms. The molecule has 0 fully saturated rings. The van der Waals surface area contributed by atoms with Crippen molar-refractivity contribution in [3.8, 4) is 0 Å². The Bertz CT molecular complexity index is 190. The predicted molar refractivity (Wildman–Crippen MR) is 51.2 cm³/mol. The van der Waals surface area contributed by atoms with Gasteiger partial charge in [0, 0.05) is 6.04 Å². The molecule has 0 aliphatic carbocycles. The molecule has 0 saturated carbocycles. The van der Waals surface area contributed by atoms with Crippen LogP contribution in [0.4, 0.5) is 0 Å². The van der Waals surface area contributed by atoms with Crippen molar-refractivity contribution >= 4 is 11.7 Å². The smallest absolute Gasteiger partial charge is 0.286 e. The zero-order valence-corrected chi connectivity index (χ0v) is 8.46. The first-order valence-corrected chi connectivity index (χ1v) is 4.58. The number of hydrogen-bond donors (Lipinski definition) is 2. The Kier molecular flexibility index (Phi) is 5.30. The first kappa shape index (κ1) is 12.1. The first-order chi connectivity index (χ1) is 5.99. The lowest BCUT2D eigenvalue weighted by atomic mass is 10.1. The molecule has 0 aliphatic heterocycles. The summed E-state index contributed by atoms with van der Waals surface area (Å²) in [6.45, 7) is 5.82. The molecule has 0 aromatic heterocycles. The topological polar surface area (TPSA) is 72.2 Å². The van der Waals surface area contributed by atoms with E-state index in [-0.39, 0.29) is 6.04 Å². The van der Waals surface area contributed by atoms with Gasteiger partial charge in [0.15, 0.2) is 0 Å². The zero-order chi connectivity index (χ0) is 10.4. The second-order valence-corrected chi connectivity index (χ2v) is 3.39. The average Bonchev–Trinajstić information content (AvgIpc) is 2.01. The molecule has 76 valence electrons. The predicted octanol–water partition coefficient (Wildman–Crippen LogP) is 0.208. The molecule has 4 heteroatoms. The van der Waals surface area contributed by atoms with Crippen molar-refractivity contribution in [2.24, 2.45) is 5.73 Å². The van der Waals surface area contributed by atoms with Gasteiger partial charge < -0.3 is 11.1 Å². The summed E-state index contributed by atoms with van der Waals surface area (Å²) in [5.41, 5.74) is 4.91. The summed E-state index contributed by atoms with van der Waals surface area (Å²) in [6, 6.07) is -0.234. The second kappa shape index (κ2) is 5.70. The number of nitrogens with two attached hydrogens (primary N) is 1. The number of rotatable bonds is 6. The van der Waals surface area contributed by atoms with Gasteiger partial charge in [0.05, 0.1) is 6.04 Å². The Morgan fingerprint density at radius 1 is 1.38 bits per heavy atom. The van der Waals surface area contributed by atoms with Crippen molar-refractivity contribution in [2.45, 2.75) is 45.7 Å². The molecular formula is C9H18N2O2. The Morgan fingerprint density at radius 3 is 2.23 bits per heavy atom. The normalized spacial score (nSPS) is 12.9. The molecule has 1 unspecified atom stereocenters. The largest absolute Gasteiger partial charge is 0.363 e. The number of carbonyl (C=O) groups excluding carboxylic acids is 2. The number of nitrogens with one attached hydrogen (secondary N) is 1. The number of Topliss-reactive ketones (excluding diaryl/α,β-unsaturated/α-hetero) is 1. The third-order valence-corrected chi connectivity index (χ3v) is 1.67. The highest BCUT2D eigenvalue weighted by Gasteiger charge is 2.22. The van der Waals surface area contributed by atoms with Gasteiger partial charge in [0.2, 0.25) is 5.78 Å². The fourth-order valence-electron chi connectivity index (χ4n) is 1.15. The van der Waals surface area contributed by atoms with Crippen LogP contribution in [0.25, 0.3) is 0 Å². The standard InChI is InChI=1S/C9H18N2O2/c1-4-5-7(11-6(2)3)8(12)9(10)13/h6-7,11H,4-5H2,1-3H3,(H2,10,13). The third kappa shape index (κ3) is 4.62. The maximum absolute atomic E-state index is 11.2. The Labute approximate surface area is 78.9 Å². The van der Waals surface area contributed by atoms with Gasteiger partial charge >= 0.3 is 0 Å². The van der Waals surface area contributed by atoms with Crippen molar-refractivity contribution in [2.75, 3.05) is 0 Å². The first-order valence-electron chi connectivity index (χ1n) is 4.58. The van der Waals surface area contributed by atoms with Crippen molar-refractivity contribution in [3.63, 3.8) is 0 Å². The minimum absolute atomic E-state index is 0.180. The average molecular weight is 186 g/mol. The molecule has 0 radical (unpaired) electrons. The summed E-state index contributed by atoms with van der Waals surface area (Å²) in [4.78, 5) is 21.9. The van der Waals surface area contributed by atoms with E-state index < -0.39 is 17.7 Å². The molecule has 0 spiro atoms. The van der Waals surface area contributed by atoms with Gasteiger partial charge in [-0.25, -0.2) is 0 Å². The molecule has 0 heterocycles. The van der Waals surface area contributed by atoms with Crippen LogP contribution < -0.4 is 11.1 Å². The molecule has 0 rings (SSSR count). The number of carbonyl (C=O) groups is 2. The molecule has 4 nitrogen and oxygen atoms in total. The van der Waals surface area contributed by atoms with Crippen LogP contribution in [-0.2, 0) is 9.59 Å². The Balaban J connectivity index is 4.23. The van der Waals surface area contributed by atoms with Crippen molar-refractivity contribution in [1.82, 2.24) is 5.32 Å². The van der Waals surface area contributed by atoms with Crippen LogP contribution in [0, 0.1) is 0 Å². The van der Waals surface area contributed by atoms with Crippen LogP contribution in [0.15, 0.2) is 0 Å². The van der Waals surface area contributed by atoms with E-state index in [1.807, 2.05) is 20.8 Å². The molecular weight excluding hydrogens is 168 g/mol. The number of primary amides is 1. The van der Waals surface area contributed by atoms with Crippen molar-refractivity contribution < 1.29 is 9.59 Å². The van der Waals surface area contributed by atoms with Gasteiger partial charge in [-0.05, 0) is 6.42 Å². The van der Waals surface area contributed by atoms with E-state index in [2.05, 4.69) is 5.32 Å². The summed E-state index contributed by atoms with van der Waals surface area (Å²) < 4.78 is 0. The van der Waals surface area contributed by atoms with E-state index >= 15 is 0 Å². The fraction of sp³-hybridized carbons (Fsp3) is 0.778. The van der Waals surface area contributed by atoms with E-state index in [0.29, 0.717) is 6.42 Å². The maximum atomic E-state index is 11.2. The van der Waals surface area contributed by atoms with E-state index in [0.717, 1.165) is 6.42 Å². The number of hydrogen-bond acceptors (Lipinski definition) is 3. The summed E-state index contributed by atoms with van der Waals surface area (Å²) in [5, 5.41) is 3.01. The zero-order valence-electron chi connectivity index (χ0n) is 8.46. The molecule has 0 aromatic rings. The summed E-state index contributed by atoms with van der Waals surface area (Å²) >= 11 is 0. The molecule has 0 saturated heterocycles. The van der Waals surface area contributed by atoms with E-state index in [9.17, 15) is 9.59 Å². The van der Waals surface area contributed by atoms with Gasteiger partial charge in [-0.15, -0.1) is 0 Å². The highest BCUT2D eigenvalue weighted by Crippen LogP contribution is 1.99. The summed E-state index contributed by atoms with van der Waals surface area (Å²) in [5.74, 6) is -1.37. The molecule has 1 atom stereocenters.